The first-order valence-electron chi connectivity index (χ1n) is 8.21. The SMILES string of the molecule is Cc1nc(Nc2ccc(N3CCN(C)CC3)cc2)c(C(N)=O)cc1F. The topological polar surface area (TPSA) is 74.5 Å². The van der Waals surface area contributed by atoms with E-state index in [9.17, 15) is 9.18 Å². The van der Waals surface area contributed by atoms with E-state index in [-0.39, 0.29) is 17.1 Å². The van der Waals surface area contributed by atoms with Crippen molar-refractivity contribution in [3.63, 3.8) is 0 Å². The summed E-state index contributed by atoms with van der Waals surface area (Å²) in [5.74, 6) is -1.01. The molecule has 0 spiro atoms. The summed E-state index contributed by atoms with van der Waals surface area (Å²) >= 11 is 0. The monoisotopic (exact) mass is 343 g/mol. The number of aromatic nitrogens is 1. The number of primary amides is 1. The molecule has 1 saturated heterocycles. The summed E-state index contributed by atoms with van der Waals surface area (Å²) in [6.07, 6.45) is 0. The molecule has 7 heteroatoms. The second-order valence-electron chi connectivity index (χ2n) is 6.28. The van der Waals surface area contributed by atoms with Gasteiger partial charge < -0.3 is 20.9 Å². The van der Waals surface area contributed by atoms with Crippen LogP contribution in [-0.4, -0.2) is 49.0 Å². The molecule has 0 saturated carbocycles. The molecule has 2 heterocycles. The van der Waals surface area contributed by atoms with E-state index >= 15 is 0 Å². The van der Waals surface area contributed by atoms with Gasteiger partial charge in [0.05, 0.1) is 11.3 Å². The Morgan fingerprint density at radius 3 is 2.44 bits per heavy atom. The third-order valence-electron chi connectivity index (χ3n) is 4.42. The van der Waals surface area contributed by atoms with Crippen LogP contribution in [0.2, 0.25) is 0 Å². The number of piperazine rings is 1. The average Bonchev–Trinajstić information content (AvgIpc) is 2.59. The summed E-state index contributed by atoms with van der Waals surface area (Å²) in [5, 5.41) is 3.05. The van der Waals surface area contributed by atoms with Gasteiger partial charge in [0, 0.05) is 37.6 Å². The molecular formula is C18H22FN5O. The molecule has 1 aromatic carbocycles. The average molecular weight is 343 g/mol. The summed E-state index contributed by atoms with van der Waals surface area (Å²) in [7, 11) is 2.12. The van der Waals surface area contributed by atoms with Gasteiger partial charge in [-0.1, -0.05) is 0 Å². The quantitative estimate of drug-likeness (QED) is 0.889. The fraction of sp³-hybridized carbons (Fsp3) is 0.333. The van der Waals surface area contributed by atoms with Crippen molar-refractivity contribution in [3.8, 4) is 0 Å². The number of likely N-dealkylation sites (N-methyl/N-ethyl adjacent to an activating group) is 1. The molecule has 25 heavy (non-hydrogen) atoms. The zero-order valence-electron chi connectivity index (χ0n) is 14.4. The number of carbonyl (C=O) groups is 1. The van der Waals surface area contributed by atoms with Gasteiger partial charge in [-0.2, -0.15) is 0 Å². The van der Waals surface area contributed by atoms with Crippen molar-refractivity contribution in [1.82, 2.24) is 9.88 Å². The molecule has 1 aromatic heterocycles. The summed E-state index contributed by atoms with van der Waals surface area (Å²) in [6.45, 7) is 5.62. The molecule has 6 nitrogen and oxygen atoms in total. The lowest BCUT2D eigenvalue weighted by Crippen LogP contribution is -2.44. The van der Waals surface area contributed by atoms with Crippen molar-refractivity contribution in [3.05, 3.63) is 47.4 Å². The van der Waals surface area contributed by atoms with E-state index in [0.717, 1.165) is 43.6 Å². The van der Waals surface area contributed by atoms with Crippen molar-refractivity contribution in [2.45, 2.75) is 6.92 Å². The van der Waals surface area contributed by atoms with Gasteiger partial charge in [0.1, 0.15) is 11.6 Å². The molecule has 0 unspecified atom stereocenters. The first kappa shape index (κ1) is 17.2. The maximum atomic E-state index is 13.6. The van der Waals surface area contributed by atoms with Crippen LogP contribution in [0.5, 0.6) is 0 Å². The van der Waals surface area contributed by atoms with Crippen LogP contribution in [0, 0.1) is 12.7 Å². The number of amides is 1. The Bertz CT molecular complexity index is 770. The standard InChI is InChI=1S/C18H22FN5O/c1-12-16(19)11-15(17(20)25)18(21-12)22-13-3-5-14(6-4-13)24-9-7-23(2)8-10-24/h3-6,11H,7-10H2,1-2H3,(H2,20,25)(H,21,22). The fourth-order valence-corrected chi connectivity index (χ4v) is 2.82. The third kappa shape index (κ3) is 3.88. The second kappa shape index (κ2) is 7.06. The summed E-state index contributed by atoms with van der Waals surface area (Å²) in [4.78, 5) is 20.3. The largest absolute Gasteiger partial charge is 0.369 e. The number of nitrogens with two attached hydrogens (primary N) is 1. The number of halogens is 1. The van der Waals surface area contributed by atoms with Crippen LogP contribution in [0.15, 0.2) is 30.3 Å². The van der Waals surface area contributed by atoms with E-state index in [2.05, 4.69) is 27.1 Å². The maximum absolute atomic E-state index is 13.6. The molecule has 0 atom stereocenters. The number of benzene rings is 1. The summed E-state index contributed by atoms with van der Waals surface area (Å²) < 4.78 is 13.6. The molecule has 3 rings (SSSR count). The van der Waals surface area contributed by atoms with Gasteiger partial charge >= 0.3 is 0 Å². The fourth-order valence-electron chi connectivity index (χ4n) is 2.82. The third-order valence-corrected chi connectivity index (χ3v) is 4.42. The predicted molar refractivity (Wildman–Crippen MR) is 96.9 cm³/mol. The highest BCUT2D eigenvalue weighted by Crippen LogP contribution is 2.24. The van der Waals surface area contributed by atoms with Crippen molar-refractivity contribution < 1.29 is 9.18 Å². The zero-order valence-corrected chi connectivity index (χ0v) is 14.4. The Morgan fingerprint density at radius 2 is 1.84 bits per heavy atom. The Kier molecular flexibility index (Phi) is 4.85. The Labute approximate surface area is 146 Å². The van der Waals surface area contributed by atoms with Crippen LogP contribution in [0.25, 0.3) is 0 Å². The number of aryl methyl sites for hydroxylation is 1. The van der Waals surface area contributed by atoms with Gasteiger partial charge in [-0.15, -0.1) is 0 Å². The Hall–Kier alpha value is -2.67. The predicted octanol–water partition coefficient (Wildman–Crippen LogP) is 2.12. The molecule has 0 bridgehead atoms. The number of pyridine rings is 1. The molecular weight excluding hydrogens is 321 g/mol. The Morgan fingerprint density at radius 1 is 1.20 bits per heavy atom. The molecule has 1 amide bonds. The lowest BCUT2D eigenvalue weighted by Gasteiger charge is -2.34. The van der Waals surface area contributed by atoms with Crippen LogP contribution < -0.4 is 16.0 Å². The number of carbonyl (C=O) groups excluding carboxylic acids is 1. The lowest BCUT2D eigenvalue weighted by molar-refractivity contribution is 0.100. The minimum absolute atomic E-state index is 0.0336. The number of rotatable bonds is 4. The van der Waals surface area contributed by atoms with Gasteiger partial charge in [-0.3, -0.25) is 4.79 Å². The number of nitrogens with zero attached hydrogens (tertiary/aromatic N) is 3. The smallest absolute Gasteiger partial charge is 0.252 e. The summed E-state index contributed by atoms with van der Waals surface area (Å²) in [6, 6.07) is 8.99. The van der Waals surface area contributed by atoms with E-state index in [1.165, 1.54) is 0 Å². The van der Waals surface area contributed by atoms with E-state index in [0.29, 0.717) is 0 Å². The van der Waals surface area contributed by atoms with Gasteiger partial charge in [0.2, 0.25) is 0 Å². The van der Waals surface area contributed by atoms with Gasteiger partial charge in [0.15, 0.2) is 0 Å². The van der Waals surface area contributed by atoms with Gasteiger partial charge in [-0.05, 0) is 44.3 Å². The van der Waals surface area contributed by atoms with Crippen LogP contribution in [-0.2, 0) is 0 Å². The Balaban J connectivity index is 1.78. The first-order chi connectivity index (χ1) is 11.9. The highest BCUT2D eigenvalue weighted by atomic mass is 19.1. The van der Waals surface area contributed by atoms with Crippen LogP contribution in [0.4, 0.5) is 21.6 Å². The van der Waals surface area contributed by atoms with Crippen molar-refractivity contribution in [2.24, 2.45) is 5.73 Å². The molecule has 1 aliphatic heterocycles. The normalized spacial score (nSPS) is 15.2. The number of nitrogens with one attached hydrogen (secondary N) is 1. The van der Waals surface area contributed by atoms with E-state index in [4.69, 9.17) is 5.73 Å². The van der Waals surface area contributed by atoms with Crippen molar-refractivity contribution in [2.75, 3.05) is 43.4 Å². The summed E-state index contributed by atoms with van der Waals surface area (Å²) in [5.41, 5.74) is 7.48. The van der Waals surface area contributed by atoms with Crippen LogP contribution in [0.3, 0.4) is 0 Å². The number of hydrogen-bond donors (Lipinski definition) is 2. The van der Waals surface area contributed by atoms with Gasteiger partial charge in [-0.25, -0.2) is 9.37 Å². The minimum Gasteiger partial charge on any atom is -0.369 e. The molecule has 2 aromatic rings. The molecule has 1 fully saturated rings. The van der Waals surface area contributed by atoms with Crippen LogP contribution >= 0.6 is 0 Å². The van der Waals surface area contributed by atoms with E-state index in [1.807, 2.05) is 24.3 Å². The van der Waals surface area contributed by atoms with Gasteiger partial charge in [0.25, 0.3) is 5.91 Å². The number of anilines is 3. The first-order valence-corrected chi connectivity index (χ1v) is 8.21. The molecule has 132 valence electrons. The molecule has 0 radical (unpaired) electrons. The van der Waals surface area contributed by atoms with E-state index < -0.39 is 11.7 Å². The highest BCUT2D eigenvalue weighted by Gasteiger charge is 2.16. The van der Waals surface area contributed by atoms with Crippen molar-refractivity contribution in [1.29, 1.82) is 0 Å². The molecule has 1 aliphatic rings. The molecule has 3 N–H and O–H groups in total. The van der Waals surface area contributed by atoms with Crippen LogP contribution in [0.1, 0.15) is 16.1 Å². The highest BCUT2D eigenvalue weighted by molar-refractivity contribution is 5.98. The lowest BCUT2D eigenvalue weighted by atomic mass is 10.2. The maximum Gasteiger partial charge on any atom is 0.252 e. The molecule has 0 aliphatic carbocycles. The van der Waals surface area contributed by atoms with Crippen molar-refractivity contribution >= 4 is 23.1 Å². The number of hydrogen-bond acceptors (Lipinski definition) is 5. The van der Waals surface area contributed by atoms with E-state index in [1.54, 1.807) is 6.92 Å². The minimum atomic E-state index is -0.719. The zero-order chi connectivity index (χ0) is 18.0. The second-order valence-corrected chi connectivity index (χ2v) is 6.28.